The van der Waals surface area contributed by atoms with Crippen LogP contribution >= 0.6 is 11.8 Å². The zero-order valence-corrected chi connectivity index (χ0v) is 12.9. The van der Waals surface area contributed by atoms with Crippen molar-refractivity contribution >= 4 is 29.3 Å². The zero-order valence-electron chi connectivity index (χ0n) is 12.1. The largest absolute Gasteiger partial charge is 0.481 e. The first-order valence-electron chi connectivity index (χ1n) is 6.96. The second-order valence-corrected chi connectivity index (χ2v) is 6.03. The number of carboxylic acid groups (broad SMARTS) is 1. The van der Waals surface area contributed by atoms with Crippen LogP contribution in [0.4, 0.5) is 5.69 Å². The molecule has 1 aromatic rings. The van der Waals surface area contributed by atoms with Gasteiger partial charge in [0.1, 0.15) is 0 Å². The molecule has 6 heteroatoms. The van der Waals surface area contributed by atoms with Crippen LogP contribution in [0.2, 0.25) is 0 Å². The molecule has 0 saturated carbocycles. The number of carbonyl (C=O) groups is 2. The van der Waals surface area contributed by atoms with E-state index < -0.39 is 5.97 Å². The van der Waals surface area contributed by atoms with Crippen LogP contribution in [0.3, 0.4) is 0 Å². The number of rotatable bonds is 5. The van der Waals surface area contributed by atoms with Gasteiger partial charge in [0.2, 0.25) is 5.91 Å². The number of carboxylic acids is 1. The summed E-state index contributed by atoms with van der Waals surface area (Å²) in [5.41, 5.74) is 2.47. The van der Waals surface area contributed by atoms with E-state index in [2.05, 4.69) is 24.0 Å². The number of thioether (sulfide) groups is 1. The highest BCUT2D eigenvalue weighted by molar-refractivity contribution is 8.00. The third-order valence-electron chi connectivity index (χ3n) is 3.54. The lowest BCUT2D eigenvalue weighted by atomic mass is 10.1. The maximum Gasteiger partial charge on any atom is 0.313 e. The van der Waals surface area contributed by atoms with Crippen LogP contribution in [0.15, 0.2) is 24.3 Å². The van der Waals surface area contributed by atoms with E-state index in [4.69, 9.17) is 5.11 Å². The number of anilines is 1. The number of benzene rings is 1. The van der Waals surface area contributed by atoms with Gasteiger partial charge in [-0.1, -0.05) is 18.2 Å². The average Bonchev–Trinajstić information content (AvgIpc) is 2.47. The van der Waals surface area contributed by atoms with E-state index in [0.29, 0.717) is 13.1 Å². The number of amides is 1. The van der Waals surface area contributed by atoms with Crippen molar-refractivity contribution in [2.45, 2.75) is 6.92 Å². The molecule has 1 amide bonds. The monoisotopic (exact) mass is 308 g/mol. The predicted molar refractivity (Wildman–Crippen MR) is 84.9 cm³/mol. The molecule has 0 bridgehead atoms. The SMILES string of the molecule is Cc1ccccc1N1CCN(C(=O)CSCC(=O)O)CC1. The number of para-hydroxylation sites is 1. The van der Waals surface area contributed by atoms with Crippen LogP contribution in [0.25, 0.3) is 0 Å². The third kappa shape index (κ3) is 4.39. The van der Waals surface area contributed by atoms with Crippen molar-refractivity contribution in [1.29, 1.82) is 0 Å². The van der Waals surface area contributed by atoms with Gasteiger partial charge in [0.25, 0.3) is 0 Å². The van der Waals surface area contributed by atoms with Crippen LogP contribution in [0.5, 0.6) is 0 Å². The minimum atomic E-state index is -0.878. The summed E-state index contributed by atoms with van der Waals surface area (Å²) in [5.74, 6) is -0.617. The molecule has 0 unspecified atom stereocenters. The molecule has 5 nitrogen and oxygen atoms in total. The van der Waals surface area contributed by atoms with Gasteiger partial charge in [0, 0.05) is 31.9 Å². The van der Waals surface area contributed by atoms with Gasteiger partial charge in [0.15, 0.2) is 0 Å². The Morgan fingerprint density at radius 2 is 1.81 bits per heavy atom. The van der Waals surface area contributed by atoms with Crippen molar-refractivity contribution in [1.82, 2.24) is 4.90 Å². The number of hydrogen-bond acceptors (Lipinski definition) is 4. The number of carbonyl (C=O) groups excluding carboxylic acids is 1. The topological polar surface area (TPSA) is 60.9 Å². The Morgan fingerprint density at radius 1 is 1.14 bits per heavy atom. The smallest absolute Gasteiger partial charge is 0.313 e. The summed E-state index contributed by atoms with van der Waals surface area (Å²) < 4.78 is 0. The van der Waals surface area contributed by atoms with Gasteiger partial charge in [-0.3, -0.25) is 9.59 Å². The van der Waals surface area contributed by atoms with Gasteiger partial charge in [-0.2, -0.15) is 0 Å². The Kier molecular flexibility index (Phi) is 5.50. The Balaban J connectivity index is 1.82. The summed E-state index contributed by atoms with van der Waals surface area (Å²) in [5, 5.41) is 8.57. The standard InChI is InChI=1S/C15H20N2O3S/c1-12-4-2-3-5-13(12)16-6-8-17(9-7-16)14(18)10-21-11-15(19)20/h2-5H,6-11H2,1H3,(H,19,20). The van der Waals surface area contributed by atoms with E-state index in [1.54, 1.807) is 0 Å². The van der Waals surface area contributed by atoms with Crippen LogP contribution in [-0.2, 0) is 9.59 Å². The summed E-state index contributed by atoms with van der Waals surface area (Å²) in [6, 6.07) is 8.26. The van der Waals surface area contributed by atoms with Crippen molar-refractivity contribution in [3.63, 3.8) is 0 Å². The molecule has 1 aliphatic heterocycles. The third-order valence-corrected chi connectivity index (χ3v) is 4.44. The van der Waals surface area contributed by atoms with Crippen LogP contribution in [0.1, 0.15) is 5.56 Å². The summed E-state index contributed by atoms with van der Waals surface area (Å²) >= 11 is 1.16. The molecule has 1 aliphatic rings. The first-order chi connectivity index (χ1) is 10.1. The minimum absolute atomic E-state index is 0.0189. The molecule has 1 N–H and O–H groups in total. The van der Waals surface area contributed by atoms with Gasteiger partial charge < -0.3 is 14.9 Å². The summed E-state index contributed by atoms with van der Waals surface area (Å²) in [7, 11) is 0. The van der Waals surface area contributed by atoms with E-state index in [-0.39, 0.29) is 17.4 Å². The molecule has 0 atom stereocenters. The molecule has 1 aromatic carbocycles. The van der Waals surface area contributed by atoms with Gasteiger partial charge in [0.05, 0.1) is 11.5 Å². The fourth-order valence-corrected chi connectivity index (χ4v) is 3.07. The molecule has 1 saturated heterocycles. The van der Waals surface area contributed by atoms with Gasteiger partial charge in [-0.15, -0.1) is 11.8 Å². The lowest BCUT2D eigenvalue weighted by molar-refractivity contribution is -0.133. The normalized spacial score (nSPS) is 15.1. The van der Waals surface area contributed by atoms with Crippen LogP contribution < -0.4 is 4.90 Å². The number of piperazine rings is 1. The Labute approximate surface area is 128 Å². The molecule has 2 rings (SSSR count). The highest BCUT2D eigenvalue weighted by Gasteiger charge is 2.21. The maximum atomic E-state index is 12.0. The fraction of sp³-hybridized carbons (Fsp3) is 0.467. The number of nitrogens with zero attached hydrogens (tertiary/aromatic N) is 2. The molecular formula is C15H20N2O3S. The van der Waals surface area contributed by atoms with Crippen LogP contribution in [0, 0.1) is 6.92 Å². The fourth-order valence-electron chi connectivity index (χ4n) is 2.43. The van der Waals surface area contributed by atoms with E-state index in [0.717, 1.165) is 24.9 Å². The molecule has 0 spiro atoms. The molecule has 1 heterocycles. The Morgan fingerprint density at radius 3 is 2.43 bits per heavy atom. The van der Waals surface area contributed by atoms with E-state index in [9.17, 15) is 9.59 Å². The lowest BCUT2D eigenvalue weighted by Gasteiger charge is -2.36. The van der Waals surface area contributed by atoms with E-state index in [1.165, 1.54) is 11.3 Å². The number of aryl methyl sites for hydroxylation is 1. The molecule has 0 radical (unpaired) electrons. The second kappa shape index (κ2) is 7.36. The van der Waals surface area contributed by atoms with E-state index in [1.807, 2.05) is 17.0 Å². The van der Waals surface area contributed by atoms with Crippen LogP contribution in [-0.4, -0.2) is 59.6 Å². The number of hydrogen-bond donors (Lipinski definition) is 1. The van der Waals surface area contributed by atoms with Crippen molar-refractivity contribution in [3.8, 4) is 0 Å². The highest BCUT2D eigenvalue weighted by atomic mass is 32.2. The van der Waals surface area contributed by atoms with Gasteiger partial charge in [-0.05, 0) is 18.6 Å². The van der Waals surface area contributed by atoms with Crippen molar-refractivity contribution in [2.75, 3.05) is 42.6 Å². The quantitative estimate of drug-likeness (QED) is 0.892. The highest BCUT2D eigenvalue weighted by Crippen LogP contribution is 2.21. The first kappa shape index (κ1) is 15.7. The van der Waals surface area contributed by atoms with Gasteiger partial charge in [-0.25, -0.2) is 0 Å². The van der Waals surface area contributed by atoms with Crippen molar-refractivity contribution in [3.05, 3.63) is 29.8 Å². The molecular weight excluding hydrogens is 288 g/mol. The summed E-state index contributed by atoms with van der Waals surface area (Å²) in [4.78, 5) is 26.5. The predicted octanol–water partition coefficient (Wildman–Crippen LogP) is 1.46. The Bertz CT molecular complexity index is 513. The molecule has 114 valence electrons. The minimum Gasteiger partial charge on any atom is -0.481 e. The van der Waals surface area contributed by atoms with Gasteiger partial charge >= 0.3 is 5.97 Å². The molecule has 0 aromatic heterocycles. The molecule has 1 fully saturated rings. The maximum absolute atomic E-state index is 12.0. The van der Waals surface area contributed by atoms with E-state index >= 15 is 0 Å². The summed E-state index contributed by atoms with van der Waals surface area (Å²) in [6.45, 7) is 5.12. The molecule has 0 aliphatic carbocycles. The summed E-state index contributed by atoms with van der Waals surface area (Å²) in [6.07, 6.45) is 0. The second-order valence-electron chi connectivity index (χ2n) is 5.04. The number of aliphatic carboxylic acids is 1. The first-order valence-corrected chi connectivity index (χ1v) is 8.11. The molecule has 21 heavy (non-hydrogen) atoms. The van der Waals surface area contributed by atoms with Crippen molar-refractivity contribution in [2.24, 2.45) is 0 Å². The Hall–Kier alpha value is -1.69. The van der Waals surface area contributed by atoms with Crippen molar-refractivity contribution < 1.29 is 14.7 Å². The zero-order chi connectivity index (χ0) is 15.2. The average molecular weight is 308 g/mol. The lowest BCUT2D eigenvalue weighted by Crippen LogP contribution is -2.49.